The van der Waals surface area contributed by atoms with E-state index in [2.05, 4.69) is 15.8 Å². The van der Waals surface area contributed by atoms with Gasteiger partial charge in [-0.25, -0.2) is 0 Å². The van der Waals surface area contributed by atoms with E-state index in [0.29, 0.717) is 16.5 Å². The number of ether oxygens (including phenoxy) is 2. The summed E-state index contributed by atoms with van der Waals surface area (Å²) in [5.41, 5.74) is 0.241. The Balaban J connectivity index is 2.14. The number of aromatic nitrogens is 1. The predicted molar refractivity (Wildman–Crippen MR) is 83.1 cm³/mol. The average molecular weight is 340 g/mol. The van der Waals surface area contributed by atoms with Crippen LogP contribution in [-0.2, 0) is 9.59 Å². The molecule has 2 aromatic rings. The molecule has 9 heteroatoms. The molecular formula is C14H14ClN3O5. The van der Waals surface area contributed by atoms with Crippen LogP contribution in [0.5, 0.6) is 11.5 Å². The van der Waals surface area contributed by atoms with Crippen LogP contribution in [-0.4, -0.2) is 31.2 Å². The van der Waals surface area contributed by atoms with E-state index in [4.69, 9.17) is 25.6 Å². The van der Waals surface area contributed by atoms with Crippen LogP contribution in [0.4, 0.5) is 11.5 Å². The van der Waals surface area contributed by atoms with E-state index in [1.165, 1.54) is 32.4 Å². The van der Waals surface area contributed by atoms with Crippen LogP contribution in [0.2, 0.25) is 5.02 Å². The molecule has 0 bridgehead atoms. The molecule has 8 nitrogen and oxygen atoms in total. The van der Waals surface area contributed by atoms with E-state index in [-0.39, 0.29) is 17.3 Å². The molecule has 122 valence electrons. The topological polar surface area (TPSA) is 103 Å². The molecule has 0 saturated heterocycles. The number of nitrogens with zero attached hydrogens (tertiary/aromatic N) is 1. The third-order valence-electron chi connectivity index (χ3n) is 2.80. The normalized spacial score (nSPS) is 10.1. The van der Waals surface area contributed by atoms with Gasteiger partial charge in [-0.15, -0.1) is 0 Å². The summed E-state index contributed by atoms with van der Waals surface area (Å²) in [5, 5.41) is 8.60. The van der Waals surface area contributed by atoms with Gasteiger partial charge in [-0.2, -0.15) is 0 Å². The largest absolute Gasteiger partial charge is 0.495 e. The number of hydrogen-bond donors (Lipinski definition) is 2. The highest BCUT2D eigenvalue weighted by atomic mass is 35.5. The second kappa shape index (κ2) is 7.01. The molecule has 1 heterocycles. The lowest BCUT2D eigenvalue weighted by Gasteiger charge is -2.12. The Kier molecular flexibility index (Phi) is 5.07. The Labute approximate surface area is 136 Å². The molecule has 0 aliphatic rings. The first-order valence-corrected chi connectivity index (χ1v) is 6.79. The zero-order valence-electron chi connectivity index (χ0n) is 12.6. The second-order valence-corrected chi connectivity index (χ2v) is 4.83. The number of anilines is 2. The Morgan fingerprint density at radius 1 is 1.09 bits per heavy atom. The number of benzene rings is 1. The molecule has 0 fully saturated rings. The van der Waals surface area contributed by atoms with Gasteiger partial charge < -0.3 is 19.3 Å². The first kappa shape index (κ1) is 16.6. The van der Waals surface area contributed by atoms with Crippen LogP contribution in [0.3, 0.4) is 0 Å². The first-order chi connectivity index (χ1) is 10.9. The molecule has 1 aromatic carbocycles. The monoisotopic (exact) mass is 339 g/mol. The quantitative estimate of drug-likeness (QED) is 0.828. The van der Waals surface area contributed by atoms with Crippen molar-refractivity contribution in [2.45, 2.75) is 6.92 Å². The van der Waals surface area contributed by atoms with Gasteiger partial charge in [0.2, 0.25) is 0 Å². The molecule has 2 amide bonds. The van der Waals surface area contributed by atoms with E-state index in [1.54, 1.807) is 6.92 Å². The molecule has 23 heavy (non-hydrogen) atoms. The van der Waals surface area contributed by atoms with E-state index in [1.807, 2.05) is 0 Å². The molecule has 0 aliphatic carbocycles. The van der Waals surface area contributed by atoms with Gasteiger partial charge in [-0.3, -0.25) is 14.9 Å². The second-order valence-electron chi connectivity index (χ2n) is 4.42. The highest BCUT2D eigenvalue weighted by Crippen LogP contribution is 2.35. The minimum Gasteiger partial charge on any atom is -0.495 e. The van der Waals surface area contributed by atoms with Crippen molar-refractivity contribution in [3.05, 3.63) is 29.0 Å². The highest BCUT2D eigenvalue weighted by molar-refractivity contribution is 6.43. The van der Waals surface area contributed by atoms with Crippen LogP contribution in [0.25, 0.3) is 0 Å². The van der Waals surface area contributed by atoms with Gasteiger partial charge in [0.1, 0.15) is 17.3 Å². The maximum absolute atomic E-state index is 12.0. The molecule has 0 radical (unpaired) electrons. The van der Waals surface area contributed by atoms with Crippen molar-refractivity contribution < 1.29 is 23.6 Å². The smallest absolute Gasteiger partial charge is 0.315 e. The van der Waals surface area contributed by atoms with E-state index >= 15 is 0 Å². The molecule has 0 unspecified atom stereocenters. The Hall–Kier alpha value is -2.74. The van der Waals surface area contributed by atoms with Crippen molar-refractivity contribution in [3.8, 4) is 11.5 Å². The zero-order valence-corrected chi connectivity index (χ0v) is 13.4. The number of carbonyl (C=O) groups is 2. The van der Waals surface area contributed by atoms with Gasteiger partial charge in [0, 0.05) is 18.2 Å². The summed E-state index contributed by atoms with van der Waals surface area (Å²) in [6.07, 6.45) is 0. The fourth-order valence-corrected chi connectivity index (χ4v) is 1.97. The van der Waals surface area contributed by atoms with E-state index < -0.39 is 11.8 Å². The number of methoxy groups -OCH3 is 2. The number of aryl methyl sites for hydroxylation is 1. The van der Waals surface area contributed by atoms with Crippen molar-refractivity contribution in [2.24, 2.45) is 0 Å². The lowest BCUT2D eigenvalue weighted by atomic mass is 10.2. The van der Waals surface area contributed by atoms with Crippen LogP contribution in [0.1, 0.15) is 5.76 Å². The predicted octanol–water partition coefficient (Wildman–Crippen LogP) is 2.23. The maximum Gasteiger partial charge on any atom is 0.315 e. The summed E-state index contributed by atoms with van der Waals surface area (Å²) in [4.78, 5) is 23.8. The first-order valence-electron chi connectivity index (χ1n) is 6.41. The molecular weight excluding hydrogens is 326 g/mol. The number of halogens is 1. The van der Waals surface area contributed by atoms with Gasteiger partial charge >= 0.3 is 11.8 Å². The molecule has 0 spiro atoms. The lowest BCUT2D eigenvalue weighted by Crippen LogP contribution is -2.29. The SMILES string of the molecule is COc1cc(NC(=O)C(=O)Nc2cc(C)on2)c(OC)cc1Cl. The number of nitrogens with one attached hydrogen (secondary N) is 2. The molecule has 0 saturated carbocycles. The Morgan fingerprint density at radius 2 is 1.74 bits per heavy atom. The summed E-state index contributed by atoms with van der Waals surface area (Å²) < 4.78 is 15.0. The Morgan fingerprint density at radius 3 is 2.30 bits per heavy atom. The third-order valence-corrected chi connectivity index (χ3v) is 3.09. The zero-order chi connectivity index (χ0) is 17.0. The minimum absolute atomic E-state index is 0.142. The maximum atomic E-state index is 12.0. The average Bonchev–Trinajstić information content (AvgIpc) is 2.93. The summed E-state index contributed by atoms with van der Waals surface area (Å²) in [5.74, 6) is -0.555. The van der Waals surface area contributed by atoms with Crippen LogP contribution < -0.4 is 20.1 Å². The molecule has 0 atom stereocenters. The van der Waals surface area contributed by atoms with Crippen molar-refractivity contribution in [2.75, 3.05) is 24.9 Å². The van der Waals surface area contributed by atoms with Crippen molar-refractivity contribution in [1.82, 2.24) is 5.16 Å². The van der Waals surface area contributed by atoms with Crippen molar-refractivity contribution in [3.63, 3.8) is 0 Å². The number of carbonyl (C=O) groups excluding carboxylic acids is 2. The summed E-state index contributed by atoms with van der Waals surface area (Å²) in [7, 11) is 2.84. The summed E-state index contributed by atoms with van der Waals surface area (Å²) in [6.45, 7) is 1.66. The molecule has 2 N–H and O–H groups in total. The molecule has 1 aromatic heterocycles. The van der Waals surface area contributed by atoms with Crippen LogP contribution in [0, 0.1) is 6.92 Å². The van der Waals surface area contributed by atoms with E-state index in [0.717, 1.165) is 0 Å². The van der Waals surface area contributed by atoms with E-state index in [9.17, 15) is 9.59 Å². The standard InChI is InChI=1S/C14H14ClN3O5/c1-7-4-12(18-23-7)17-14(20)13(19)16-9-6-10(21-2)8(15)5-11(9)22-3/h4-6H,1-3H3,(H,16,19)(H,17,18,20). The van der Waals surface area contributed by atoms with Crippen molar-refractivity contribution >= 4 is 34.9 Å². The lowest BCUT2D eigenvalue weighted by molar-refractivity contribution is -0.133. The van der Waals surface area contributed by atoms with Gasteiger partial charge in [-0.1, -0.05) is 16.8 Å². The number of amides is 2. The van der Waals surface area contributed by atoms with Crippen molar-refractivity contribution in [1.29, 1.82) is 0 Å². The van der Waals surface area contributed by atoms with Crippen LogP contribution >= 0.6 is 11.6 Å². The molecule has 2 rings (SSSR count). The number of hydrogen-bond acceptors (Lipinski definition) is 6. The third kappa shape index (κ3) is 3.92. The highest BCUT2D eigenvalue weighted by Gasteiger charge is 2.19. The van der Waals surface area contributed by atoms with Gasteiger partial charge in [0.05, 0.1) is 24.9 Å². The van der Waals surface area contributed by atoms with Gasteiger partial charge in [-0.05, 0) is 6.92 Å². The summed E-state index contributed by atoms with van der Waals surface area (Å²) in [6, 6.07) is 4.40. The van der Waals surface area contributed by atoms with Gasteiger partial charge in [0.25, 0.3) is 0 Å². The Bertz CT molecular complexity index is 744. The fraction of sp³-hybridized carbons (Fsp3) is 0.214. The number of rotatable bonds is 4. The minimum atomic E-state index is -0.909. The summed E-state index contributed by atoms with van der Waals surface area (Å²) >= 11 is 5.97. The molecule has 0 aliphatic heterocycles. The van der Waals surface area contributed by atoms with Crippen LogP contribution in [0.15, 0.2) is 22.7 Å². The van der Waals surface area contributed by atoms with Gasteiger partial charge in [0.15, 0.2) is 5.82 Å². The fourth-order valence-electron chi connectivity index (χ4n) is 1.74.